The molecule has 2 saturated heterocycles. The number of Topliss-reactive ketones (excluding diaryl/α,β-unsaturated/α-hetero) is 1. The molecule has 2 aromatic rings. The van der Waals surface area contributed by atoms with E-state index in [0.717, 1.165) is 50.4 Å². The van der Waals surface area contributed by atoms with Gasteiger partial charge in [0.1, 0.15) is 18.8 Å². The lowest BCUT2D eigenvalue weighted by Gasteiger charge is -2.29. The van der Waals surface area contributed by atoms with Gasteiger partial charge in [-0.3, -0.25) is 9.59 Å². The van der Waals surface area contributed by atoms with Gasteiger partial charge in [-0.2, -0.15) is 0 Å². The second-order valence-electron chi connectivity index (χ2n) is 9.49. The van der Waals surface area contributed by atoms with E-state index in [-0.39, 0.29) is 5.57 Å². The summed E-state index contributed by atoms with van der Waals surface area (Å²) in [5.74, 6) is -0.871. The Balaban J connectivity index is 1.69. The van der Waals surface area contributed by atoms with Gasteiger partial charge in [0.05, 0.1) is 32.9 Å². The van der Waals surface area contributed by atoms with Crippen LogP contribution in [0.15, 0.2) is 54.1 Å². The zero-order chi connectivity index (χ0) is 24.9. The predicted molar refractivity (Wildman–Crippen MR) is 131 cm³/mol. The maximum Gasteiger partial charge on any atom is 0.295 e. The number of methoxy groups -OCH3 is 1. The number of carbonyl (C=O) groups is 2. The maximum absolute atomic E-state index is 13.6. The second kappa shape index (κ2) is 11.1. The van der Waals surface area contributed by atoms with E-state index in [1.807, 2.05) is 24.3 Å². The molecule has 0 spiro atoms. The molecule has 0 radical (unpaired) electrons. The Kier molecular flexibility index (Phi) is 7.88. The molecular formula is C28H34N2O5. The zero-order valence-corrected chi connectivity index (χ0v) is 20.7. The summed E-state index contributed by atoms with van der Waals surface area (Å²) < 4.78 is 10.7. The molecular weight excluding hydrogens is 444 g/mol. The third kappa shape index (κ3) is 5.41. The highest BCUT2D eigenvalue weighted by molar-refractivity contribution is 6.46. The SMILES string of the molecule is COc1cccc(C([O-])=C2C(=O)C(=O)N(CCC[NH+]3CCOCC3)C2c2ccc(C(C)C)cc2)c1. The van der Waals surface area contributed by atoms with Gasteiger partial charge in [0.25, 0.3) is 5.91 Å². The first-order valence-corrected chi connectivity index (χ1v) is 12.3. The summed E-state index contributed by atoms with van der Waals surface area (Å²) in [6.07, 6.45) is 0.746. The van der Waals surface area contributed by atoms with E-state index >= 15 is 0 Å². The fourth-order valence-corrected chi connectivity index (χ4v) is 4.84. The van der Waals surface area contributed by atoms with Crippen LogP contribution in [0.4, 0.5) is 0 Å². The van der Waals surface area contributed by atoms with Crippen LogP contribution in [0.25, 0.3) is 5.76 Å². The molecule has 1 unspecified atom stereocenters. The molecule has 2 heterocycles. The van der Waals surface area contributed by atoms with Crippen LogP contribution < -0.4 is 14.7 Å². The van der Waals surface area contributed by atoms with E-state index in [1.165, 1.54) is 12.0 Å². The monoisotopic (exact) mass is 478 g/mol. The summed E-state index contributed by atoms with van der Waals surface area (Å²) in [7, 11) is 1.53. The lowest BCUT2D eigenvalue weighted by Crippen LogP contribution is -3.14. The number of benzene rings is 2. The molecule has 1 amide bonds. The Morgan fingerprint density at radius 3 is 2.51 bits per heavy atom. The number of likely N-dealkylation sites (tertiary alicyclic amines) is 1. The lowest BCUT2D eigenvalue weighted by atomic mass is 9.93. The minimum Gasteiger partial charge on any atom is -0.872 e. The third-order valence-electron chi connectivity index (χ3n) is 6.91. The van der Waals surface area contributed by atoms with Crippen molar-refractivity contribution >= 4 is 17.4 Å². The molecule has 2 aliphatic heterocycles. The van der Waals surface area contributed by atoms with E-state index in [0.29, 0.717) is 23.8 Å². The molecule has 0 bridgehead atoms. The van der Waals surface area contributed by atoms with Gasteiger partial charge in [0.2, 0.25) is 5.78 Å². The topological polar surface area (TPSA) is 83.3 Å². The third-order valence-corrected chi connectivity index (χ3v) is 6.91. The Hall–Kier alpha value is -3.16. The first-order chi connectivity index (χ1) is 16.9. The first kappa shape index (κ1) is 24.9. The van der Waals surface area contributed by atoms with E-state index < -0.39 is 23.5 Å². The van der Waals surface area contributed by atoms with Crippen molar-refractivity contribution in [2.24, 2.45) is 0 Å². The highest BCUT2D eigenvalue weighted by atomic mass is 16.5. The van der Waals surface area contributed by atoms with Crippen LogP contribution in [-0.4, -0.2) is 63.1 Å². The molecule has 2 aliphatic rings. The summed E-state index contributed by atoms with van der Waals surface area (Å²) >= 11 is 0. The summed E-state index contributed by atoms with van der Waals surface area (Å²) in [5.41, 5.74) is 2.29. The summed E-state index contributed by atoms with van der Waals surface area (Å²) in [4.78, 5) is 29.4. The van der Waals surface area contributed by atoms with E-state index in [9.17, 15) is 14.7 Å². The number of amides is 1. The second-order valence-corrected chi connectivity index (χ2v) is 9.49. The molecule has 7 nitrogen and oxygen atoms in total. The quantitative estimate of drug-likeness (QED) is 0.352. The standard InChI is InChI=1S/C28H34N2O5/c1-19(2)20-8-10-21(11-9-20)25-24(26(31)22-6-4-7-23(18-22)34-3)27(32)28(33)30(25)13-5-12-29-14-16-35-17-15-29/h4,6-11,18-19,25,31H,5,12-17H2,1-3H3. The number of rotatable bonds is 8. The van der Waals surface area contributed by atoms with Gasteiger partial charge in [0.15, 0.2) is 0 Å². The molecule has 35 heavy (non-hydrogen) atoms. The summed E-state index contributed by atoms with van der Waals surface area (Å²) in [6.45, 7) is 8.91. The van der Waals surface area contributed by atoms with E-state index in [2.05, 4.69) is 13.8 Å². The normalized spacial score (nSPS) is 20.6. The van der Waals surface area contributed by atoms with Crippen LogP contribution in [0.3, 0.4) is 0 Å². The van der Waals surface area contributed by atoms with Gasteiger partial charge >= 0.3 is 0 Å². The largest absolute Gasteiger partial charge is 0.872 e. The number of morpholine rings is 1. The maximum atomic E-state index is 13.6. The molecule has 4 rings (SSSR count). The van der Waals surface area contributed by atoms with Crippen molar-refractivity contribution in [3.05, 3.63) is 70.8 Å². The molecule has 0 aliphatic carbocycles. The van der Waals surface area contributed by atoms with E-state index in [4.69, 9.17) is 9.47 Å². The van der Waals surface area contributed by atoms with Gasteiger partial charge in [0, 0.05) is 18.5 Å². The van der Waals surface area contributed by atoms with Crippen LogP contribution in [0.5, 0.6) is 5.75 Å². The van der Waals surface area contributed by atoms with Gasteiger partial charge in [-0.25, -0.2) is 0 Å². The van der Waals surface area contributed by atoms with Crippen molar-refractivity contribution in [1.82, 2.24) is 4.90 Å². The van der Waals surface area contributed by atoms with Crippen molar-refractivity contribution in [2.45, 2.75) is 32.2 Å². The highest BCUT2D eigenvalue weighted by Gasteiger charge is 2.44. The molecule has 1 atom stereocenters. The minimum atomic E-state index is -0.713. The predicted octanol–water partition coefficient (Wildman–Crippen LogP) is 1.35. The van der Waals surface area contributed by atoms with Crippen LogP contribution >= 0.6 is 0 Å². The smallest absolute Gasteiger partial charge is 0.295 e. The number of nitrogens with one attached hydrogen (secondary N) is 1. The molecule has 2 fully saturated rings. The van der Waals surface area contributed by atoms with Crippen LogP contribution in [0.2, 0.25) is 0 Å². The number of nitrogens with zero attached hydrogens (tertiary/aromatic N) is 1. The Bertz CT molecular complexity index is 1090. The van der Waals surface area contributed by atoms with Crippen molar-refractivity contribution in [3.8, 4) is 5.75 Å². The first-order valence-electron chi connectivity index (χ1n) is 12.3. The minimum absolute atomic E-state index is 0.0132. The van der Waals surface area contributed by atoms with Gasteiger partial charge in [-0.05, 0) is 34.7 Å². The highest BCUT2D eigenvalue weighted by Crippen LogP contribution is 2.39. The molecule has 2 aromatic carbocycles. The van der Waals surface area contributed by atoms with Gasteiger partial charge in [-0.1, -0.05) is 56.0 Å². The average molecular weight is 479 g/mol. The number of carbonyl (C=O) groups excluding carboxylic acids is 2. The van der Waals surface area contributed by atoms with Crippen molar-refractivity contribution in [3.63, 3.8) is 0 Å². The molecule has 0 saturated carbocycles. The Labute approximate surface area is 206 Å². The molecule has 186 valence electrons. The number of hydrogen-bond acceptors (Lipinski definition) is 5. The van der Waals surface area contributed by atoms with Crippen molar-refractivity contribution < 1.29 is 29.1 Å². The molecule has 0 aromatic heterocycles. The zero-order valence-electron chi connectivity index (χ0n) is 20.7. The Morgan fingerprint density at radius 1 is 1.14 bits per heavy atom. The van der Waals surface area contributed by atoms with Crippen LogP contribution in [0, 0.1) is 0 Å². The fraction of sp³-hybridized carbons (Fsp3) is 0.429. The van der Waals surface area contributed by atoms with Crippen molar-refractivity contribution in [2.75, 3.05) is 46.5 Å². The Morgan fingerprint density at radius 2 is 1.86 bits per heavy atom. The van der Waals surface area contributed by atoms with Gasteiger partial charge in [-0.15, -0.1) is 0 Å². The van der Waals surface area contributed by atoms with Crippen molar-refractivity contribution in [1.29, 1.82) is 0 Å². The average Bonchev–Trinajstić information content (AvgIpc) is 3.14. The molecule has 1 N–H and O–H groups in total. The van der Waals surface area contributed by atoms with Crippen LogP contribution in [-0.2, 0) is 14.3 Å². The molecule has 7 heteroatoms. The van der Waals surface area contributed by atoms with E-state index in [1.54, 1.807) is 29.2 Å². The van der Waals surface area contributed by atoms with Crippen LogP contribution in [0.1, 0.15) is 48.9 Å². The van der Waals surface area contributed by atoms with Gasteiger partial charge < -0.3 is 24.4 Å². The summed E-state index contributed by atoms with van der Waals surface area (Å²) in [6, 6.07) is 13.9. The fourth-order valence-electron chi connectivity index (χ4n) is 4.84. The summed E-state index contributed by atoms with van der Waals surface area (Å²) in [5, 5.41) is 13.6. The number of quaternary nitrogens is 1. The number of ether oxygens (including phenoxy) is 2. The lowest BCUT2D eigenvalue weighted by molar-refractivity contribution is -0.908. The number of hydrogen-bond donors (Lipinski definition) is 1. The number of ketones is 1.